The van der Waals surface area contributed by atoms with Crippen LogP contribution in [-0.2, 0) is 16.3 Å². The molecule has 0 aliphatic rings. The van der Waals surface area contributed by atoms with Crippen molar-refractivity contribution in [1.29, 1.82) is 0 Å². The van der Waals surface area contributed by atoms with Crippen LogP contribution in [-0.4, -0.2) is 28.2 Å². The van der Waals surface area contributed by atoms with E-state index < -0.39 is 9.84 Å². The summed E-state index contributed by atoms with van der Waals surface area (Å²) in [7, 11) is -3.89. The normalized spacial score (nSPS) is 11.8. The Morgan fingerprint density at radius 3 is 2.38 bits per heavy atom. The van der Waals surface area contributed by atoms with Crippen molar-refractivity contribution < 1.29 is 8.42 Å². The zero-order chi connectivity index (χ0) is 22.3. The summed E-state index contributed by atoms with van der Waals surface area (Å²) in [5, 5.41) is 12.1. The minimum atomic E-state index is -3.89. The van der Waals surface area contributed by atoms with E-state index in [-0.39, 0.29) is 15.6 Å². The number of aryl methyl sites for hydroxylation is 2. The van der Waals surface area contributed by atoms with Crippen molar-refractivity contribution >= 4 is 37.9 Å². The van der Waals surface area contributed by atoms with Gasteiger partial charge in [0.1, 0.15) is 5.82 Å². The molecule has 3 aromatic carbocycles. The number of hydrogen-bond acceptors (Lipinski definition) is 6. The van der Waals surface area contributed by atoms with Gasteiger partial charge in [-0.3, -0.25) is 0 Å². The van der Waals surface area contributed by atoms with Crippen LogP contribution in [0.4, 0.5) is 11.5 Å². The van der Waals surface area contributed by atoms with Gasteiger partial charge in [0.25, 0.3) is 0 Å². The summed E-state index contributed by atoms with van der Waals surface area (Å²) in [6.45, 7) is 4.01. The largest absolute Gasteiger partial charge is 0.340 e. The van der Waals surface area contributed by atoms with Crippen molar-refractivity contribution in [3.63, 3.8) is 0 Å². The molecule has 0 atom stereocenters. The monoisotopic (exact) mass is 443 g/mol. The van der Waals surface area contributed by atoms with E-state index in [1.807, 2.05) is 43.3 Å². The molecule has 5 rings (SSSR count). The predicted molar refractivity (Wildman–Crippen MR) is 124 cm³/mol. The minimum absolute atomic E-state index is 0.158. The number of para-hydroxylation sites is 1. The number of aromatic nitrogens is 4. The number of anilines is 2. The Labute approximate surface area is 185 Å². The SMILES string of the molecule is CCc1ccc(Nc2nc3c(S(=O)(=O)c4ccc(C)cc4)nnn3c3ccccc23)cc1. The average molecular weight is 444 g/mol. The van der Waals surface area contributed by atoms with E-state index in [1.165, 1.54) is 10.1 Å². The smallest absolute Gasteiger partial charge is 0.229 e. The highest BCUT2D eigenvalue weighted by Gasteiger charge is 2.27. The van der Waals surface area contributed by atoms with Crippen molar-refractivity contribution in [1.82, 2.24) is 19.8 Å². The molecular formula is C24H21N5O2S. The van der Waals surface area contributed by atoms with Crippen LogP contribution < -0.4 is 5.32 Å². The molecule has 0 bridgehead atoms. The van der Waals surface area contributed by atoms with Crippen LogP contribution in [0.1, 0.15) is 18.1 Å². The lowest BCUT2D eigenvalue weighted by molar-refractivity contribution is 0.592. The van der Waals surface area contributed by atoms with Crippen LogP contribution in [0, 0.1) is 6.92 Å². The second-order valence-corrected chi connectivity index (χ2v) is 9.46. The highest BCUT2D eigenvalue weighted by atomic mass is 32.2. The molecule has 0 fully saturated rings. The number of fused-ring (bicyclic) bond motifs is 3. The van der Waals surface area contributed by atoms with E-state index in [1.54, 1.807) is 24.3 Å². The van der Waals surface area contributed by atoms with Gasteiger partial charge in [-0.2, -0.15) is 4.52 Å². The first-order valence-corrected chi connectivity index (χ1v) is 11.8. The molecule has 0 amide bonds. The fraction of sp³-hybridized carbons (Fsp3) is 0.125. The van der Waals surface area contributed by atoms with Gasteiger partial charge in [0.15, 0.2) is 5.65 Å². The Bertz CT molecular complexity index is 1540. The summed E-state index contributed by atoms with van der Waals surface area (Å²) in [5.74, 6) is 0.542. The molecule has 0 radical (unpaired) electrons. The third-order valence-corrected chi connectivity index (χ3v) is 7.10. The Balaban J connectivity index is 1.69. The Hall–Kier alpha value is -3.78. The van der Waals surface area contributed by atoms with Gasteiger partial charge in [-0.1, -0.05) is 54.1 Å². The fourth-order valence-electron chi connectivity index (χ4n) is 3.60. The number of nitrogens with one attached hydrogen (secondary N) is 1. The summed E-state index contributed by atoms with van der Waals surface area (Å²) < 4.78 is 28.1. The molecule has 2 aromatic heterocycles. The molecule has 0 aliphatic heterocycles. The van der Waals surface area contributed by atoms with E-state index >= 15 is 0 Å². The van der Waals surface area contributed by atoms with Crippen LogP contribution in [0.5, 0.6) is 0 Å². The molecule has 0 saturated carbocycles. The molecule has 8 heteroatoms. The minimum Gasteiger partial charge on any atom is -0.340 e. The van der Waals surface area contributed by atoms with E-state index in [9.17, 15) is 8.42 Å². The number of nitrogens with zero attached hydrogens (tertiary/aromatic N) is 4. The summed E-state index contributed by atoms with van der Waals surface area (Å²) in [6, 6.07) is 22.3. The summed E-state index contributed by atoms with van der Waals surface area (Å²) in [4.78, 5) is 4.82. The van der Waals surface area contributed by atoms with Gasteiger partial charge in [0, 0.05) is 11.1 Å². The molecule has 5 aromatic rings. The van der Waals surface area contributed by atoms with Crippen LogP contribution in [0.3, 0.4) is 0 Å². The van der Waals surface area contributed by atoms with Crippen molar-refractivity contribution in [2.45, 2.75) is 30.2 Å². The lowest BCUT2D eigenvalue weighted by Gasteiger charge is -2.11. The zero-order valence-electron chi connectivity index (χ0n) is 17.6. The number of sulfone groups is 1. The molecule has 0 unspecified atom stereocenters. The lowest BCUT2D eigenvalue weighted by Crippen LogP contribution is -2.05. The average Bonchev–Trinajstić information content (AvgIpc) is 3.25. The molecule has 0 spiro atoms. The van der Waals surface area contributed by atoms with E-state index in [0.29, 0.717) is 11.3 Å². The Morgan fingerprint density at radius 1 is 0.938 bits per heavy atom. The van der Waals surface area contributed by atoms with Crippen LogP contribution in [0.15, 0.2) is 82.7 Å². The van der Waals surface area contributed by atoms with Gasteiger partial charge in [-0.05, 0) is 55.3 Å². The van der Waals surface area contributed by atoms with E-state index in [0.717, 1.165) is 23.1 Å². The van der Waals surface area contributed by atoms with Crippen LogP contribution in [0.2, 0.25) is 0 Å². The summed E-state index contributed by atoms with van der Waals surface area (Å²) >= 11 is 0. The molecule has 32 heavy (non-hydrogen) atoms. The first-order chi connectivity index (χ1) is 15.5. The van der Waals surface area contributed by atoms with Crippen LogP contribution in [0.25, 0.3) is 16.6 Å². The van der Waals surface area contributed by atoms with Crippen molar-refractivity contribution in [2.24, 2.45) is 0 Å². The standard InChI is InChI=1S/C24H21N5O2S/c1-3-17-10-12-18(13-11-17)25-22-20-6-4-5-7-21(20)29-23(26-22)24(27-28-29)32(30,31)19-14-8-16(2)9-15-19/h4-15H,3H2,1-2H3,(H,25,26). The van der Waals surface area contributed by atoms with Crippen molar-refractivity contribution in [2.75, 3.05) is 5.32 Å². The van der Waals surface area contributed by atoms with Gasteiger partial charge in [-0.15, -0.1) is 5.10 Å². The second kappa shape index (κ2) is 7.72. The summed E-state index contributed by atoms with van der Waals surface area (Å²) in [6.07, 6.45) is 0.954. The van der Waals surface area contributed by atoms with E-state index in [4.69, 9.17) is 0 Å². The topological polar surface area (TPSA) is 89.2 Å². The van der Waals surface area contributed by atoms with Gasteiger partial charge in [0.2, 0.25) is 14.9 Å². The van der Waals surface area contributed by atoms with Gasteiger partial charge >= 0.3 is 0 Å². The quantitative estimate of drug-likeness (QED) is 0.423. The Morgan fingerprint density at radius 2 is 1.66 bits per heavy atom. The fourth-order valence-corrected chi connectivity index (χ4v) is 4.84. The molecule has 7 nitrogen and oxygen atoms in total. The first kappa shape index (κ1) is 20.1. The highest BCUT2D eigenvalue weighted by molar-refractivity contribution is 7.91. The van der Waals surface area contributed by atoms with Gasteiger partial charge in [0.05, 0.1) is 10.4 Å². The van der Waals surface area contributed by atoms with Gasteiger partial charge in [-0.25, -0.2) is 13.4 Å². The van der Waals surface area contributed by atoms with Crippen molar-refractivity contribution in [3.8, 4) is 0 Å². The molecule has 0 aliphatic carbocycles. The summed E-state index contributed by atoms with van der Waals surface area (Å²) in [5.41, 5.74) is 3.95. The molecule has 0 saturated heterocycles. The van der Waals surface area contributed by atoms with E-state index in [2.05, 4.69) is 39.7 Å². The second-order valence-electron chi connectivity index (χ2n) is 7.60. The van der Waals surface area contributed by atoms with Crippen LogP contribution >= 0.6 is 0 Å². The molecular weight excluding hydrogens is 422 g/mol. The maximum absolute atomic E-state index is 13.3. The third-order valence-electron chi connectivity index (χ3n) is 5.43. The predicted octanol–water partition coefficient (Wildman–Crippen LogP) is 4.72. The maximum Gasteiger partial charge on any atom is 0.229 e. The Kier molecular flexibility index (Phi) is 4.86. The molecule has 2 heterocycles. The first-order valence-electron chi connectivity index (χ1n) is 10.3. The van der Waals surface area contributed by atoms with Gasteiger partial charge < -0.3 is 5.32 Å². The lowest BCUT2D eigenvalue weighted by atomic mass is 10.1. The number of hydrogen-bond donors (Lipinski definition) is 1. The zero-order valence-corrected chi connectivity index (χ0v) is 18.5. The van der Waals surface area contributed by atoms with Crippen molar-refractivity contribution in [3.05, 3.63) is 83.9 Å². The molecule has 160 valence electrons. The third kappa shape index (κ3) is 3.38. The highest BCUT2D eigenvalue weighted by Crippen LogP contribution is 2.29. The molecule has 1 N–H and O–H groups in total. The number of benzene rings is 3. The number of rotatable bonds is 5. The maximum atomic E-state index is 13.3.